The Bertz CT molecular complexity index is 365. The summed E-state index contributed by atoms with van der Waals surface area (Å²) >= 11 is 3.48. The van der Waals surface area contributed by atoms with E-state index >= 15 is 0 Å². The van der Waals surface area contributed by atoms with E-state index in [9.17, 15) is 0 Å². The van der Waals surface area contributed by atoms with Crippen LogP contribution in [0.5, 0.6) is 0 Å². The van der Waals surface area contributed by atoms with Gasteiger partial charge < -0.3 is 5.32 Å². The van der Waals surface area contributed by atoms with Crippen molar-refractivity contribution >= 4 is 15.9 Å². The van der Waals surface area contributed by atoms with Gasteiger partial charge in [-0.3, -0.25) is 0 Å². The third-order valence-corrected chi connectivity index (χ3v) is 4.79. The quantitative estimate of drug-likeness (QED) is 0.818. The Kier molecular flexibility index (Phi) is 4.85. The molecule has 1 aliphatic rings. The Labute approximate surface area is 119 Å². The molecule has 2 rings (SSSR count). The van der Waals surface area contributed by atoms with Gasteiger partial charge in [0, 0.05) is 17.1 Å². The topological polar surface area (TPSA) is 12.0 Å². The summed E-state index contributed by atoms with van der Waals surface area (Å²) in [4.78, 5) is 0. The summed E-state index contributed by atoms with van der Waals surface area (Å²) in [5.41, 5.74) is 1.89. The van der Waals surface area contributed by atoms with Gasteiger partial charge >= 0.3 is 0 Å². The van der Waals surface area contributed by atoms with Gasteiger partial charge in [-0.25, -0.2) is 0 Å². The van der Waals surface area contributed by atoms with Gasteiger partial charge in [-0.15, -0.1) is 0 Å². The molecule has 0 aliphatic heterocycles. The number of halogens is 1. The van der Waals surface area contributed by atoms with Crippen LogP contribution in [0.4, 0.5) is 0 Å². The van der Waals surface area contributed by atoms with Gasteiger partial charge in [0.2, 0.25) is 0 Å². The third-order valence-electron chi connectivity index (χ3n) is 4.27. The van der Waals surface area contributed by atoms with Gasteiger partial charge in [0.1, 0.15) is 0 Å². The molecule has 0 radical (unpaired) electrons. The van der Waals surface area contributed by atoms with Crippen LogP contribution in [0, 0.1) is 5.41 Å². The highest BCUT2D eigenvalue weighted by atomic mass is 79.9. The normalized spacial score (nSPS) is 20.6. The molecular weight excluding hydrogens is 286 g/mol. The first kappa shape index (κ1) is 14.1. The maximum Gasteiger partial charge on any atom is 0.0292 e. The van der Waals surface area contributed by atoms with Crippen molar-refractivity contribution in [3.05, 3.63) is 34.3 Å². The molecule has 0 heterocycles. The zero-order chi connectivity index (χ0) is 13.0. The van der Waals surface area contributed by atoms with Crippen molar-refractivity contribution in [2.75, 3.05) is 6.54 Å². The third kappa shape index (κ3) is 3.83. The van der Waals surface area contributed by atoms with E-state index in [1.54, 1.807) is 0 Å². The summed E-state index contributed by atoms with van der Waals surface area (Å²) in [6, 6.07) is 9.08. The summed E-state index contributed by atoms with van der Waals surface area (Å²) < 4.78 is 1.15. The van der Waals surface area contributed by atoms with Crippen molar-refractivity contribution in [1.29, 1.82) is 0 Å². The molecule has 1 N–H and O–H groups in total. The van der Waals surface area contributed by atoms with Gasteiger partial charge in [-0.05, 0) is 42.9 Å². The van der Waals surface area contributed by atoms with Crippen molar-refractivity contribution in [2.24, 2.45) is 5.41 Å². The molecule has 18 heavy (non-hydrogen) atoms. The fourth-order valence-corrected chi connectivity index (χ4v) is 3.12. The first-order valence-electron chi connectivity index (χ1n) is 7.08. The van der Waals surface area contributed by atoms with Crippen LogP contribution in [0.15, 0.2) is 28.7 Å². The molecule has 1 aromatic carbocycles. The maximum absolute atomic E-state index is 3.71. The molecule has 0 spiro atoms. The van der Waals surface area contributed by atoms with E-state index in [2.05, 4.69) is 59.4 Å². The Morgan fingerprint density at radius 2 is 1.78 bits per heavy atom. The highest BCUT2D eigenvalue weighted by Gasteiger charge is 2.26. The molecule has 100 valence electrons. The largest absolute Gasteiger partial charge is 0.310 e. The number of nitrogens with one attached hydrogen (secondary N) is 1. The minimum absolute atomic E-state index is 0.442. The first-order chi connectivity index (χ1) is 8.59. The van der Waals surface area contributed by atoms with Gasteiger partial charge in [0.05, 0.1) is 0 Å². The van der Waals surface area contributed by atoms with E-state index in [4.69, 9.17) is 0 Å². The van der Waals surface area contributed by atoms with Crippen LogP contribution in [-0.2, 0) is 0 Å². The minimum atomic E-state index is 0.442. The van der Waals surface area contributed by atoms with Crippen LogP contribution in [0.3, 0.4) is 0 Å². The fourth-order valence-electron chi connectivity index (χ4n) is 2.85. The average molecular weight is 310 g/mol. The molecule has 0 aromatic heterocycles. The lowest BCUT2D eigenvalue weighted by molar-refractivity contribution is 0.202. The first-order valence-corrected chi connectivity index (χ1v) is 7.87. The predicted molar refractivity (Wildman–Crippen MR) is 81.8 cm³/mol. The van der Waals surface area contributed by atoms with Crippen molar-refractivity contribution in [2.45, 2.75) is 52.0 Å². The summed E-state index contributed by atoms with van der Waals surface area (Å²) in [6.07, 6.45) is 7.01. The maximum atomic E-state index is 3.71. The summed E-state index contributed by atoms with van der Waals surface area (Å²) in [6.45, 7) is 5.84. The number of hydrogen-bond donors (Lipinski definition) is 1. The van der Waals surface area contributed by atoms with Gasteiger partial charge in [-0.1, -0.05) is 54.2 Å². The van der Waals surface area contributed by atoms with Gasteiger partial charge in [0.25, 0.3) is 0 Å². The fraction of sp³-hybridized carbons (Fsp3) is 0.625. The Balaban J connectivity index is 1.87. The van der Waals surface area contributed by atoms with E-state index in [1.165, 1.54) is 37.7 Å². The van der Waals surface area contributed by atoms with Crippen molar-refractivity contribution in [1.82, 2.24) is 5.32 Å². The van der Waals surface area contributed by atoms with E-state index in [-0.39, 0.29) is 0 Å². The molecule has 1 nitrogen and oxygen atoms in total. The zero-order valence-electron chi connectivity index (χ0n) is 11.5. The lowest BCUT2D eigenvalue weighted by atomic mass is 9.75. The van der Waals surface area contributed by atoms with Gasteiger partial charge in [-0.2, -0.15) is 0 Å². The average Bonchev–Trinajstić information content (AvgIpc) is 2.38. The summed E-state index contributed by atoms with van der Waals surface area (Å²) in [5, 5.41) is 3.71. The lowest BCUT2D eigenvalue weighted by Gasteiger charge is -2.35. The Hall–Kier alpha value is -0.340. The van der Waals surface area contributed by atoms with Crippen LogP contribution >= 0.6 is 15.9 Å². The van der Waals surface area contributed by atoms with Crippen LogP contribution in [0.2, 0.25) is 0 Å². The van der Waals surface area contributed by atoms with Crippen LogP contribution in [-0.4, -0.2) is 6.54 Å². The van der Waals surface area contributed by atoms with Crippen molar-refractivity contribution < 1.29 is 0 Å². The van der Waals surface area contributed by atoms with E-state index in [1.807, 2.05) is 0 Å². The van der Waals surface area contributed by atoms with E-state index < -0.39 is 0 Å². The zero-order valence-corrected chi connectivity index (χ0v) is 13.1. The van der Waals surface area contributed by atoms with Crippen molar-refractivity contribution in [3.8, 4) is 0 Å². The predicted octanol–water partition coefficient (Wildman–Crippen LogP) is 5.07. The molecule has 0 saturated heterocycles. The second-order valence-corrected chi connectivity index (χ2v) is 6.94. The second-order valence-electron chi connectivity index (χ2n) is 6.03. The lowest BCUT2D eigenvalue weighted by Crippen LogP contribution is -2.34. The molecule has 1 atom stereocenters. The minimum Gasteiger partial charge on any atom is -0.310 e. The molecule has 1 aliphatic carbocycles. The monoisotopic (exact) mass is 309 g/mol. The Morgan fingerprint density at radius 1 is 1.17 bits per heavy atom. The molecule has 0 bridgehead atoms. The second kappa shape index (κ2) is 6.21. The highest BCUT2D eigenvalue weighted by molar-refractivity contribution is 9.10. The number of hydrogen-bond acceptors (Lipinski definition) is 1. The summed E-state index contributed by atoms with van der Waals surface area (Å²) in [5.74, 6) is 0. The van der Waals surface area contributed by atoms with Gasteiger partial charge in [0.15, 0.2) is 0 Å². The van der Waals surface area contributed by atoms with Crippen LogP contribution in [0.25, 0.3) is 0 Å². The molecular formula is C16H24BrN. The number of rotatable bonds is 4. The highest BCUT2D eigenvalue weighted by Crippen LogP contribution is 2.35. The van der Waals surface area contributed by atoms with E-state index in [0.717, 1.165) is 11.0 Å². The molecule has 1 saturated carbocycles. The van der Waals surface area contributed by atoms with Crippen molar-refractivity contribution in [3.63, 3.8) is 0 Å². The smallest absolute Gasteiger partial charge is 0.0292 e. The molecule has 1 aromatic rings. The van der Waals surface area contributed by atoms with Crippen LogP contribution < -0.4 is 5.32 Å². The number of benzene rings is 1. The van der Waals surface area contributed by atoms with E-state index in [0.29, 0.717) is 11.5 Å². The summed E-state index contributed by atoms with van der Waals surface area (Å²) in [7, 11) is 0. The molecule has 0 amide bonds. The SMILES string of the molecule is CC(NCC1(C)CCCCC1)c1ccc(Br)cc1. The standard InChI is InChI=1S/C16H24BrN/c1-13(14-6-8-15(17)9-7-14)18-12-16(2)10-4-3-5-11-16/h6-9,13,18H,3-5,10-12H2,1-2H3. The molecule has 1 unspecified atom stereocenters. The Morgan fingerprint density at radius 3 is 2.39 bits per heavy atom. The van der Waals surface area contributed by atoms with Crippen LogP contribution in [0.1, 0.15) is 57.6 Å². The molecule has 1 fully saturated rings. The molecule has 2 heteroatoms.